The second-order valence-electron chi connectivity index (χ2n) is 5.91. The summed E-state index contributed by atoms with van der Waals surface area (Å²) >= 11 is 0. The highest BCUT2D eigenvalue weighted by Gasteiger charge is 2.58. The van der Waals surface area contributed by atoms with Crippen molar-refractivity contribution in [3.05, 3.63) is 11.9 Å². The van der Waals surface area contributed by atoms with E-state index in [1.165, 1.54) is 31.9 Å². The Morgan fingerprint density at radius 2 is 2.30 bits per heavy atom. The quantitative estimate of drug-likeness (QED) is 0.908. The molecule has 2 fully saturated rings. The molecule has 1 N–H and O–H groups in total. The van der Waals surface area contributed by atoms with Gasteiger partial charge in [0.1, 0.15) is 0 Å². The number of amides is 1. The second kappa shape index (κ2) is 5.16. The molecule has 6 nitrogen and oxygen atoms in total. The van der Waals surface area contributed by atoms with Gasteiger partial charge in [-0.3, -0.25) is 4.79 Å². The van der Waals surface area contributed by atoms with Crippen LogP contribution in [0.25, 0.3) is 0 Å². The van der Waals surface area contributed by atoms with E-state index in [1.54, 1.807) is 0 Å². The normalized spacial score (nSPS) is 27.5. The number of carbonyl (C=O) groups is 1. The zero-order chi connectivity index (χ0) is 14.2. The first kappa shape index (κ1) is 13.5. The van der Waals surface area contributed by atoms with E-state index in [9.17, 15) is 4.79 Å². The topological polar surface area (TPSA) is 71.1 Å². The number of carbonyl (C=O) groups excluding carboxylic acids is 1. The average Bonchev–Trinajstić information content (AvgIpc) is 3.13. The summed E-state index contributed by atoms with van der Waals surface area (Å²) in [7, 11) is 1.88. The Labute approximate surface area is 118 Å². The zero-order valence-electron chi connectivity index (χ0n) is 12.1. The summed E-state index contributed by atoms with van der Waals surface area (Å²) in [6, 6.07) is 0.269. The number of nitrogens with one attached hydrogen (secondary N) is 1. The predicted molar refractivity (Wildman–Crippen MR) is 73.2 cm³/mol. The van der Waals surface area contributed by atoms with Crippen molar-refractivity contribution in [2.45, 2.75) is 51.2 Å². The van der Waals surface area contributed by atoms with Gasteiger partial charge in [0.2, 0.25) is 0 Å². The molecular formula is C14H22N4O2. The van der Waals surface area contributed by atoms with Gasteiger partial charge in [0.05, 0.1) is 12.3 Å². The van der Waals surface area contributed by atoms with Crippen molar-refractivity contribution in [1.29, 1.82) is 0 Å². The van der Waals surface area contributed by atoms with Gasteiger partial charge in [-0.25, -0.2) is 0 Å². The third-order valence-corrected chi connectivity index (χ3v) is 5.07. The Hall–Kier alpha value is -1.43. The van der Waals surface area contributed by atoms with Gasteiger partial charge in [0, 0.05) is 25.1 Å². The molecule has 0 unspecified atom stereocenters. The van der Waals surface area contributed by atoms with Gasteiger partial charge in [-0.1, -0.05) is 12.8 Å². The summed E-state index contributed by atoms with van der Waals surface area (Å²) in [5, 5.41) is 10.1. The Morgan fingerprint density at radius 1 is 1.55 bits per heavy atom. The van der Waals surface area contributed by atoms with Gasteiger partial charge in [0.25, 0.3) is 5.91 Å². The van der Waals surface area contributed by atoms with Crippen LogP contribution in [0.15, 0.2) is 6.20 Å². The third-order valence-electron chi connectivity index (χ3n) is 5.07. The number of ether oxygens (including phenoxy) is 1. The Balaban J connectivity index is 1.75. The molecule has 0 saturated heterocycles. The molecule has 110 valence electrons. The van der Waals surface area contributed by atoms with Crippen LogP contribution >= 0.6 is 0 Å². The molecular weight excluding hydrogens is 256 g/mol. The highest BCUT2D eigenvalue weighted by Crippen LogP contribution is 2.56. The maximum absolute atomic E-state index is 12.4. The van der Waals surface area contributed by atoms with E-state index in [0.717, 1.165) is 13.0 Å². The lowest BCUT2D eigenvalue weighted by Gasteiger charge is -2.56. The van der Waals surface area contributed by atoms with Gasteiger partial charge in [-0.05, 0) is 26.2 Å². The molecule has 6 heteroatoms. The highest BCUT2D eigenvalue weighted by atomic mass is 16.5. The van der Waals surface area contributed by atoms with E-state index in [0.29, 0.717) is 11.8 Å². The lowest BCUT2D eigenvalue weighted by molar-refractivity contribution is -0.152. The fourth-order valence-electron chi connectivity index (χ4n) is 4.02. The molecule has 3 rings (SSSR count). The number of H-pyrrole nitrogens is 1. The molecule has 1 aromatic heterocycles. The summed E-state index contributed by atoms with van der Waals surface area (Å²) in [6.07, 6.45) is 7.55. The highest BCUT2D eigenvalue weighted by molar-refractivity contribution is 5.92. The van der Waals surface area contributed by atoms with E-state index in [1.807, 2.05) is 18.9 Å². The molecule has 1 amide bonds. The molecule has 0 aliphatic heterocycles. The minimum absolute atomic E-state index is 0.0510. The van der Waals surface area contributed by atoms with E-state index < -0.39 is 0 Å². The van der Waals surface area contributed by atoms with Crippen molar-refractivity contribution >= 4 is 5.91 Å². The molecule has 2 saturated carbocycles. The minimum atomic E-state index is -0.0510. The number of nitrogens with zero attached hydrogens (tertiary/aromatic N) is 3. The van der Waals surface area contributed by atoms with E-state index in [4.69, 9.17) is 4.74 Å². The average molecular weight is 278 g/mol. The van der Waals surface area contributed by atoms with E-state index in [2.05, 4.69) is 15.4 Å². The number of aromatic amines is 1. The largest absolute Gasteiger partial charge is 0.378 e. The Morgan fingerprint density at radius 3 is 2.90 bits per heavy atom. The summed E-state index contributed by atoms with van der Waals surface area (Å²) in [4.78, 5) is 14.3. The van der Waals surface area contributed by atoms with Crippen LogP contribution in [0, 0.1) is 5.41 Å². The maximum Gasteiger partial charge on any atom is 0.276 e. The fourth-order valence-corrected chi connectivity index (χ4v) is 4.02. The van der Waals surface area contributed by atoms with Crippen LogP contribution in [-0.4, -0.2) is 52.0 Å². The fraction of sp³-hybridized carbons (Fsp3) is 0.786. The molecule has 0 bridgehead atoms. The van der Waals surface area contributed by atoms with Crippen LogP contribution in [0.1, 0.15) is 49.5 Å². The third kappa shape index (κ3) is 1.93. The molecule has 2 aliphatic carbocycles. The Bertz CT molecular complexity index is 468. The molecule has 0 aromatic carbocycles. The maximum atomic E-state index is 12.4. The van der Waals surface area contributed by atoms with Gasteiger partial charge in [-0.2, -0.15) is 15.4 Å². The van der Waals surface area contributed by atoms with Crippen molar-refractivity contribution in [2.75, 3.05) is 13.7 Å². The standard InChI is InChI=1S/C14H22N4O2/c1-3-20-12-8-11(14(12)6-4-5-7-14)18(2)13(19)10-9-15-17-16-10/h9,11-12H,3-8H2,1-2H3,(H,15,16,17)/t11-,12+/m1/s1. The smallest absolute Gasteiger partial charge is 0.276 e. The van der Waals surface area contributed by atoms with Crippen LogP contribution in [0.4, 0.5) is 0 Å². The number of rotatable bonds is 4. The molecule has 0 radical (unpaired) electrons. The first-order valence-electron chi connectivity index (χ1n) is 7.43. The van der Waals surface area contributed by atoms with E-state index >= 15 is 0 Å². The number of hydrogen-bond donors (Lipinski definition) is 1. The first-order chi connectivity index (χ1) is 9.69. The van der Waals surface area contributed by atoms with Crippen molar-refractivity contribution in [3.8, 4) is 0 Å². The lowest BCUT2D eigenvalue weighted by atomic mass is 9.60. The molecule has 1 aromatic rings. The molecule has 1 heterocycles. The summed E-state index contributed by atoms with van der Waals surface area (Å²) in [6.45, 7) is 2.79. The lowest BCUT2D eigenvalue weighted by Crippen LogP contribution is -2.64. The number of hydrogen-bond acceptors (Lipinski definition) is 4. The van der Waals surface area contributed by atoms with Crippen molar-refractivity contribution < 1.29 is 9.53 Å². The monoisotopic (exact) mass is 278 g/mol. The van der Waals surface area contributed by atoms with Crippen LogP contribution in [-0.2, 0) is 4.74 Å². The second-order valence-corrected chi connectivity index (χ2v) is 5.91. The minimum Gasteiger partial charge on any atom is -0.378 e. The van der Waals surface area contributed by atoms with Gasteiger partial charge in [-0.15, -0.1) is 0 Å². The van der Waals surface area contributed by atoms with Crippen LogP contribution in [0.3, 0.4) is 0 Å². The zero-order valence-corrected chi connectivity index (χ0v) is 12.1. The Kier molecular flexibility index (Phi) is 3.50. The van der Waals surface area contributed by atoms with Crippen molar-refractivity contribution in [2.24, 2.45) is 5.41 Å². The van der Waals surface area contributed by atoms with Gasteiger partial charge < -0.3 is 9.64 Å². The molecule has 20 heavy (non-hydrogen) atoms. The first-order valence-corrected chi connectivity index (χ1v) is 7.43. The SMILES string of the molecule is CCO[C@H]1C[C@@H](N(C)C(=O)c2cn[nH]n2)C12CCCC2. The van der Waals surface area contributed by atoms with Gasteiger partial charge >= 0.3 is 0 Å². The summed E-state index contributed by atoms with van der Waals surface area (Å²) < 4.78 is 5.89. The predicted octanol–water partition coefficient (Wildman–Crippen LogP) is 1.61. The van der Waals surface area contributed by atoms with Crippen molar-refractivity contribution in [1.82, 2.24) is 20.3 Å². The summed E-state index contributed by atoms with van der Waals surface area (Å²) in [5.74, 6) is -0.0510. The van der Waals surface area contributed by atoms with Crippen LogP contribution in [0.2, 0.25) is 0 Å². The number of aromatic nitrogens is 3. The van der Waals surface area contributed by atoms with Crippen LogP contribution in [0.5, 0.6) is 0 Å². The van der Waals surface area contributed by atoms with Crippen LogP contribution < -0.4 is 0 Å². The molecule has 2 aliphatic rings. The van der Waals surface area contributed by atoms with Crippen molar-refractivity contribution in [3.63, 3.8) is 0 Å². The van der Waals surface area contributed by atoms with E-state index in [-0.39, 0.29) is 17.4 Å². The summed E-state index contributed by atoms with van der Waals surface area (Å²) in [5.41, 5.74) is 0.560. The van der Waals surface area contributed by atoms with Gasteiger partial charge in [0.15, 0.2) is 5.69 Å². The molecule has 1 spiro atoms. The molecule has 2 atom stereocenters.